The van der Waals surface area contributed by atoms with Gasteiger partial charge < -0.3 is 5.32 Å². The molecule has 0 unspecified atom stereocenters. The number of halogens is 1. The lowest BCUT2D eigenvalue weighted by Crippen LogP contribution is -2.01. The van der Waals surface area contributed by atoms with Crippen LogP contribution in [-0.4, -0.2) is 4.98 Å². The minimum atomic E-state index is 0.640. The van der Waals surface area contributed by atoms with Crippen LogP contribution in [0.1, 0.15) is 16.3 Å². The summed E-state index contributed by atoms with van der Waals surface area (Å²) < 4.78 is 0.953. The van der Waals surface area contributed by atoms with Crippen LogP contribution >= 0.6 is 27.3 Å². The molecule has 0 saturated heterocycles. The number of hydrogen-bond acceptors (Lipinski definition) is 4. The first-order chi connectivity index (χ1) is 8.19. The van der Waals surface area contributed by atoms with E-state index in [0.717, 1.165) is 20.9 Å². The predicted octanol–water partition coefficient (Wildman–Crippen LogP) is 3.70. The smallest absolute Gasteiger partial charge is 0.112 e. The molecule has 2 aromatic rings. The number of nitriles is 1. The van der Waals surface area contributed by atoms with Crippen LogP contribution in [-0.2, 0) is 6.54 Å². The zero-order chi connectivity index (χ0) is 12.3. The first-order valence-corrected chi connectivity index (χ1v) is 6.71. The fourth-order valence-electron chi connectivity index (χ4n) is 1.41. The summed E-state index contributed by atoms with van der Waals surface area (Å²) in [5.74, 6) is 0. The highest BCUT2D eigenvalue weighted by Crippen LogP contribution is 2.21. The number of rotatable bonds is 3. The van der Waals surface area contributed by atoms with Gasteiger partial charge in [-0.3, -0.25) is 0 Å². The molecule has 0 aliphatic carbocycles. The van der Waals surface area contributed by atoms with Crippen molar-refractivity contribution in [3.63, 3.8) is 0 Å². The predicted molar refractivity (Wildman–Crippen MR) is 73.0 cm³/mol. The fourth-order valence-corrected chi connectivity index (χ4v) is 2.49. The second kappa shape index (κ2) is 5.30. The van der Waals surface area contributed by atoms with E-state index in [4.69, 9.17) is 5.26 Å². The van der Waals surface area contributed by atoms with Crippen molar-refractivity contribution in [2.24, 2.45) is 0 Å². The third-order valence-electron chi connectivity index (χ3n) is 2.20. The quantitative estimate of drug-likeness (QED) is 0.940. The monoisotopic (exact) mass is 307 g/mol. The summed E-state index contributed by atoms with van der Waals surface area (Å²) in [4.78, 5) is 4.37. The Labute approximate surface area is 112 Å². The van der Waals surface area contributed by atoms with Crippen molar-refractivity contribution in [1.82, 2.24) is 4.98 Å². The molecular weight excluding hydrogens is 298 g/mol. The normalized spacial score (nSPS) is 9.94. The van der Waals surface area contributed by atoms with Gasteiger partial charge in [-0.05, 0) is 25.1 Å². The number of nitrogens with zero attached hydrogens (tertiary/aromatic N) is 2. The Morgan fingerprint density at radius 2 is 2.35 bits per heavy atom. The number of anilines is 1. The lowest BCUT2D eigenvalue weighted by Gasteiger charge is -2.06. The Bertz CT molecular complexity index is 571. The van der Waals surface area contributed by atoms with E-state index in [-0.39, 0.29) is 0 Å². The second-order valence-electron chi connectivity index (χ2n) is 3.54. The first-order valence-electron chi connectivity index (χ1n) is 5.03. The number of hydrogen-bond donors (Lipinski definition) is 1. The number of aromatic nitrogens is 1. The van der Waals surface area contributed by atoms with Crippen molar-refractivity contribution in [1.29, 1.82) is 5.26 Å². The van der Waals surface area contributed by atoms with E-state index in [9.17, 15) is 0 Å². The van der Waals surface area contributed by atoms with Crippen LogP contribution in [0.5, 0.6) is 0 Å². The molecule has 1 N–H and O–H groups in total. The number of thiazole rings is 1. The van der Waals surface area contributed by atoms with Gasteiger partial charge in [-0.1, -0.05) is 15.9 Å². The maximum Gasteiger partial charge on any atom is 0.112 e. The van der Waals surface area contributed by atoms with Gasteiger partial charge in [0.1, 0.15) is 11.1 Å². The highest BCUT2D eigenvalue weighted by molar-refractivity contribution is 9.10. The van der Waals surface area contributed by atoms with Crippen molar-refractivity contribution < 1.29 is 0 Å². The Morgan fingerprint density at radius 3 is 3.00 bits per heavy atom. The van der Waals surface area contributed by atoms with Crippen molar-refractivity contribution in [3.05, 3.63) is 44.3 Å². The van der Waals surface area contributed by atoms with Crippen LogP contribution in [0.25, 0.3) is 0 Å². The van der Waals surface area contributed by atoms with Gasteiger partial charge in [0, 0.05) is 15.5 Å². The summed E-state index contributed by atoms with van der Waals surface area (Å²) in [6.45, 7) is 2.61. The van der Waals surface area contributed by atoms with Gasteiger partial charge in [0.15, 0.2) is 0 Å². The van der Waals surface area contributed by atoms with Gasteiger partial charge in [-0.2, -0.15) is 5.26 Å². The van der Waals surface area contributed by atoms with Crippen molar-refractivity contribution >= 4 is 33.0 Å². The third kappa shape index (κ3) is 3.05. The molecule has 1 heterocycles. The van der Waals surface area contributed by atoms with E-state index < -0.39 is 0 Å². The maximum atomic E-state index is 8.99. The molecule has 0 spiro atoms. The molecule has 86 valence electrons. The minimum absolute atomic E-state index is 0.640. The largest absolute Gasteiger partial charge is 0.377 e. The van der Waals surface area contributed by atoms with Gasteiger partial charge in [0.05, 0.1) is 17.8 Å². The summed E-state index contributed by atoms with van der Waals surface area (Å²) in [6.07, 6.45) is 0. The highest BCUT2D eigenvalue weighted by atomic mass is 79.9. The zero-order valence-corrected chi connectivity index (χ0v) is 11.6. The van der Waals surface area contributed by atoms with Crippen molar-refractivity contribution in [2.75, 3.05) is 5.32 Å². The molecule has 17 heavy (non-hydrogen) atoms. The van der Waals surface area contributed by atoms with E-state index in [2.05, 4.69) is 32.3 Å². The van der Waals surface area contributed by atoms with Crippen LogP contribution in [0.15, 0.2) is 28.1 Å². The maximum absolute atomic E-state index is 8.99. The summed E-state index contributed by atoms with van der Waals surface area (Å²) >= 11 is 5.01. The number of aryl methyl sites for hydroxylation is 1. The Balaban J connectivity index is 2.13. The first kappa shape index (κ1) is 12.1. The van der Waals surface area contributed by atoms with Crippen LogP contribution in [0.4, 0.5) is 5.69 Å². The Morgan fingerprint density at radius 1 is 1.53 bits per heavy atom. The van der Waals surface area contributed by atoms with Gasteiger partial charge in [-0.25, -0.2) is 4.98 Å². The summed E-state index contributed by atoms with van der Waals surface area (Å²) in [7, 11) is 0. The molecule has 0 aliphatic rings. The van der Waals surface area contributed by atoms with E-state index in [0.29, 0.717) is 12.1 Å². The Hall–Kier alpha value is -1.38. The lowest BCUT2D eigenvalue weighted by atomic mass is 10.2. The summed E-state index contributed by atoms with van der Waals surface area (Å²) in [5.41, 5.74) is 2.50. The molecule has 1 aromatic carbocycles. The molecular formula is C12H10BrN3S. The highest BCUT2D eigenvalue weighted by Gasteiger charge is 2.04. The molecule has 0 aliphatic heterocycles. The molecule has 0 saturated carbocycles. The van der Waals surface area contributed by atoms with Crippen LogP contribution < -0.4 is 5.32 Å². The Kier molecular flexibility index (Phi) is 3.77. The van der Waals surface area contributed by atoms with Gasteiger partial charge in [-0.15, -0.1) is 11.3 Å². The van der Waals surface area contributed by atoms with E-state index in [1.54, 1.807) is 17.4 Å². The molecule has 0 fully saturated rings. The van der Waals surface area contributed by atoms with E-state index in [1.807, 2.05) is 24.4 Å². The third-order valence-corrected chi connectivity index (χ3v) is 3.66. The van der Waals surface area contributed by atoms with Gasteiger partial charge in [0.25, 0.3) is 0 Å². The average molecular weight is 308 g/mol. The van der Waals surface area contributed by atoms with Crippen LogP contribution in [0, 0.1) is 18.3 Å². The van der Waals surface area contributed by atoms with Gasteiger partial charge >= 0.3 is 0 Å². The van der Waals surface area contributed by atoms with Crippen LogP contribution in [0.3, 0.4) is 0 Å². The van der Waals surface area contributed by atoms with Crippen molar-refractivity contribution in [3.8, 4) is 6.07 Å². The second-order valence-corrected chi connectivity index (χ2v) is 5.40. The van der Waals surface area contributed by atoms with Crippen LogP contribution in [0.2, 0.25) is 0 Å². The van der Waals surface area contributed by atoms with Crippen molar-refractivity contribution in [2.45, 2.75) is 13.5 Å². The van der Waals surface area contributed by atoms with E-state index in [1.165, 1.54) is 0 Å². The lowest BCUT2D eigenvalue weighted by molar-refractivity contribution is 1.07. The van der Waals surface area contributed by atoms with E-state index >= 15 is 0 Å². The molecule has 0 atom stereocenters. The molecule has 1 aromatic heterocycles. The molecule has 5 heteroatoms. The van der Waals surface area contributed by atoms with Gasteiger partial charge in [0.2, 0.25) is 0 Å². The molecule has 3 nitrogen and oxygen atoms in total. The summed E-state index contributed by atoms with van der Waals surface area (Å²) in [6, 6.07) is 7.72. The average Bonchev–Trinajstić information content (AvgIpc) is 2.73. The molecule has 0 radical (unpaired) electrons. The minimum Gasteiger partial charge on any atom is -0.377 e. The number of benzene rings is 1. The molecule has 2 rings (SSSR count). The summed E-state index contributed by atoms with van der Waals surface area (Å²) in [5, 5.41) is 15.3. The molecule has 0 bridgehead atoms. The topological polar surface area (TPSA) is 48.7 Å². The fraction of sp³-hybridized carbons (Fsp3) is 0.167. The SMILES string of the molecule is Cc1csc(CNc2cc(Br)ccc2C#N)n1. The molecule has 0 amide bonds. The number of nitrogens with one attached hydrogen (secondary N) is 1. The standard InChI is InChI=1S/C12H10BrN3S/c1-8-7-17-12(16-8)6-15-11-4-10(13)3-2-9(11)5-14/h2-4,7,15H,6H2,1H3. The zero-order valence-electron chi connectivity index (χ0n) is 9.20.